The van der Waals surface area contributed by atoms with Crippen LogP contribution in [0, 0.1) is 13.8 Å². The van der Waals surface area contributed by atoms with E-state index in [1.54, 1.807) is 6.92 Å². The molecule has 0 aromatic carbocycles. The maximum atomic E-state index is 11.5. The molecule has 0 spiro atoms. The van der Waals surface area contributed by atoms with Crippen LogP contribution in [0.25, 0.3) is 0 Å². The van der Waals surface area contributed by atoms with Crippen LogP contribution in [0.4, 0.5) is 0 Å². The average Bonchev–Trinajstić information content (AvgIpc) is 2.83. The van der Waals surface area contributed by atoms with E-state index < -0.39 is 0 Å². The second kappa shape index (κ2) is 5.79. The van der Waals surface area contributed by atoms with Gasteiger partial charge < -0.3 is 14.2 Å². The molecule has 0 saturated carbocycles. The third-order valence-electron chi connectivity index (χ3n) is 3.42. The molecule has 21 heavy (non-hydrogen) atoms. The summed E-state index contributed by atoms with van der Waals surface area (Å²) in [4.78, 5) is 20.8. The molecule has 1 fully saturated rings. The predicted octanol–water partition coefficient (Wildman–Crippen LogP) is 0.948. The summed E-state index contributed by atoms with van der Waals surface area (Å²) in [6.07, 6.45) is -0.187. The van der Waals surface area contributed by atoms with Crippen molar-refractivity contribution in [3.8, 4) is 0 Å². The summed E-state index contributed by atoms with van der Waals surface area (Å²) in [6, 6.07) is 3.43. The van der Waals surface area contributed by atoms with E-state index in [0.29, 0.717) is 31.2 Å². The van der Waals surface area contributed by atoms with E-state index in [1.807, 2.05) is 13.0 Å². The van der Waals surface area contributed by atoms with Gasteiger partial charge in [0.25, 0.3) is 5.56 Å². The van der Waals surface area contributed by atoms with Crippen LogP contribution in [0.1, 0.15) is 29.1 Å². The van der Waals surface area contributed by atoms with Gasteiger partial charge in [-0.05, 0) is 13.8 Å². The summed E-state index contributed by atoms with van der Waals surface area (Å²) in [7, 11) is 0. The van der Waals surface area contributed by atoms with E-state index in [4.69, 9.17) is 9.26 Å². The standard InChI is InChI=1S/C14H18N4O3/c1-9-5-11(17-21-9)7-18-3-4-20-13(8-18)12-6-14(19)16-10(2)15-12/h5-6,13H,3-4,7-8H2,1-2H3,(H,15,16,19). The number of aromatic amines is 1. The Morgan fingerprint density at radius 3 is 3.00 bits per heavy atom. The van der Waals surface area contributed by atoms with E-state index in [2.05, 4.69) is 20.0 Å². The van der Waals surface area contributed by atoms with Crippen LogP contribution in [0.3, 0.4) is 0 Å². The van der Waals surface area contributed by atoms with Gasteiger partial charge >= 0.3 is 0 Å². The van der Waals surface area contributed by atoms with Crippen molar-refractivity contribution in [3.05, 3.63) is 45.5 Å². The molecule has 2 aromatic heterocycles. The van der Waals surface area contributed by atoms with Gasteiger partial charge in [0, 0.05) is 31.8 Å². The van der Waals surface area contributed by atoms with Crippen LogP contribution in [0.2, 0.25) is 0 Å². The van der Waals surface area contributed by atoms with Gasteiger partial charge in [-0.2, -0.15) is 0 Å². The van der Waals surface area contributed by atoms with Gasteiger partial charge in [-0.3, -0.25) is 9.69 Å². The lowest BCUT2D eigenvalue weighted by Gasteiger charge is -2.31. The molecule has 3 heterocycles. The zero-order valence-corrected chi connectivity index (χ0v) is 12.1. The Kier molecular flexibility index (Phi) is 3.85. The molecule has 1 unspecified atom stereocenters. The molecule has 1 saturated heterocycles. The monoisotopic (exact) mass is 290 g/mol. The predicted molar refractivity (Wildman–Crippen MR) is 74.8 cm³/mol. The van der Waals surface area contributed by atoms with Crippen molar-refractivity contribution >= 4 is 0 Å². The first-order chi connectivity index (χ1) is 10.1. The molecule has 1 aliphatic rings. The second-order valence-electron chi connectivity index (χ2n) is 5.28. The van der Waals surface area contributed by atoms with E-state index >= 15 is 0 Å². The summed E-state index contributed by atoms with van der Waals surface area (Å²) in [5.41, 5.74) is 1.44. The van der Waals surface area contributed by atoms with Crippen molar-refractivity contribution in [2.45, 2.75) is 26.5 Å². The van der Waals surface area contributed by atoms with E-state index in [9.17, 15) is 4.79 Å². The fourth-order valence-corrected chi connectivity index (χ4v) is 2.51. The first-order valence-electron chi connectivity index (χ1n) is 6.94. The Labute approximate surface area is 121 Å². The minimum atomic E-state index is -0.187. The van der Waals surface area contributed by atoms with Crippen LogP contribution in [0.5, 0.6) is 0 Å². The molecule has 7 nitrogen and oxygen atoms in total. The van der Waals surface area contributed by atoms with Crippen LogP contribution in [0.15, 0.2) is 21.5 Å². The van der Waals surface area contributed by atoms with Gasteiger partial charge in [-0.25, -0.2) is 4.98 Å². The molecule has 0 bridgehead atoms. The summed E-state index contributed by atoms with van der Waals surface area (Å²) in [5.74, 6) is 1.41. The summed E-state index contributed by atoms with van der Waals surface area (Å²) in [5, 5.41) is 4.01. The molecule has 2 aromatic rings. The first-order valence-corrected chi connectivity index (χ1v) is 6.94. The number of nitrogens with one attached hydrogen (secondary N) is 1. The number of hydrogen-bond donors (Lipinski definition) is 1. The largest absolute Gasteiger partial charge is 0.369 e. The van der Waals surface area contributed by atoms with Crippen molar-refractivity contribution in [1.29, 1.82) is 0 Å². The second-order valence-corrected chi connectivity index (χ2v) is 5.28. The number of aromatic nitrogens is 3. The van der Waals surface area contributed by atoms with Gasteiger partial charge in [0.2, 0.25) is 0 Å². The molecule has 3 rings (SSSR count). The Morgan fingerprint density at radius 1 is 1.43 bits per heavy atom. The van der Waals surface area contributed by atoms with E-state index in [1.165, 1.54) is 6.07 Å². The number of H-pyrrole nitrogens is 1. The number of hydrogen-bond acceptors (Lipinski definition) is 6. The highest BCUT2D eigenvalue weighted by molar-refractivity contribution is 5.08. The minimum Gasteiger partial charge on any atom is -0.369 e. The number of ether oxygens (including phenoxy) is 1. The van der Waals surface area contributed by atoms with Crippen LogP contribution >= 0.6 is 0 Å². The van der Waals surface area contributed by atoms with Crippen molar-refractivity contribution in [1.82, 2.24) is 20.0 Å². The Balaban J connectivity index is 1.71. The molecule has 112 valence electrons. The molecule has 0 amide bonds. The first kappa shape index (κ1) is 14.0. The SMILES string of the molecule is Cc1nc(C2CN(Cc3cc(C)on3)CCO2)cc(=O)[nH]1. The maximum Gasteiger partial charge on any atom is 0.251 e. The summed E-state index contributed by atoms with van der Waals surface area (Å²) < 4.78 is 10.8. The Hall–Kier alpha value is -1.99. The Morgan fingerprint density at radius 2 is 2.29 bits per heavy atom. The molecule has 1 aliphatic heterocycles. The average molecular weight is 290 g/mol. The maximum absolute atomic E-state index is 11.5. The zero-order chi connectivity index (χ0) is 14.8. The highest BCUT2D eigenvalue weighted by Gasteiger charge is 2.24. The van der Waals surface area contributed by atoms with Crippen molar-refractivity contribution < 1.29 is 9.26 Å². The molecule has 7 heteroatoms. The van der Waals surface area contributed by atoms with Crippen molar-refractivity contribution in [3.63, 3.8) is 0 Å². The fraction of sp³-hybridized carbons (Fsp3) is 0.500. The molecule has 0 aliphatic carbocycles. The van der Waals surface area contributed by atoms with Crippen molar-refractivity contribution in [2.75, 3.05) is 19.7 Å². The Bertz CT molecular complexity index is 679. The number of nitrogens with zero attached hydrogens (tertiary/aromatic N) is 3. The molecular formula is C14H18N4O3. The molecule has 1 N–H and O–H groups in total. The number of aryl methyl sites for hydroxylation is 2. The molecule has 1 atom stereocenters. The highest BCUT2D eigenvalue weighted by Crippen LogP contribution is 2.21. The lowest BCUT2D eigenvalue weighted by Crippen LogP contribution is -2.38. The van der Waals surface area contributed by atoms with E-state index in [0.717, 1.165) is 18.0 Å². The zero-order valence-electron chi connectivity index (χ0n) is 12.1. The van der Waals surface area contributed by atoms with Gasteiger partial charge in [-0.1, -0.05) is 5.16 Å². The highest BCUT2D eigenvalue weighted by atomic mass is 16.5. The fourth-order valence-electron chi connectivity index (χ4n) is 2.51. The van der Waals surface area contributed by atoms with Crippen LogP contribution < -0.4 is 5.56 Å². The topological polar surface area (TPSA) is 84.2 Å². The lowest BCUT2D eigenvalue weighted by atomic mass is 10.2. The smallest absolute Gasteiger partial charge is 0.251 e. The normalized spacial score (nSPS) is 19.8. The van der Waals surface area contributed by atoms with Crippen LogP contribution in [-0.2, 0) is 11.3 Å². The van der Waals surface area contributed by atoms with Gasteiger partial charge in [-0.15, -0.1) is 0 Å². The number of morpholine rings is 1. The number of rotatable bonds is 3. The van der Waals surface area contributed by atoms with Gasteiger partial charge in [0.15, 0.2) is 0 Å². The van der Waals surface area contributed by atoms with Gasteiger partial charge in [0.1, 0.15) is 17.7 Å². The van der Waals surface area contributed by atoms with E-state index in [-0.39, 0.29) is 11.7 Å². The third kappa shape index (κ3) is 3.37. The lowest BCUT2D eigenvalue weighted by molar-refractivity contribution is -0.0357. The minimum absolute atomic E-state index is 0.148. The quantitative estimate of drug-likeness (QED) is 0.906. The third-order valence-corrected chi connectivity index (χ3v) is 3.42. The molecular weight excluding hydrogens is 272 g/mol. The van der Waals surface area contributed by atoms with Crippen molar-refractivity contribution in [2.24, 2.45) is 0 Å². The summed E-state index contributed by atoms with van der Waals surface area (Å²) >= 11 is 0. The molecule has 0 radical (unpaired) electrons. The van der Waals surface area contributed by atoms with Crippen LogP contribution in [-0.4, -0.2) is 39.7 Å². The summed E-state index contributed by atoms with van der Waals surface area (Å²) in [6.45, 7) is 6.46. The van der Waals surface area contributed by atoms with Gasteiger partial charge in [0.05, 0.1) is 18.0 Å².